The number of carbonyl (C=O) groups is 1. The summed E-state index contributed by atoms with van der Waals surface area (Å²) in [6, 6.07) is 0.846. The predicted molar refractivity (Wildman–Crippen MR) is 113 cm³/mol. The quantitative estimate of drug-likeness (QED) is 0.549. The third-order valence-electron chi connectivity index (χ3n) is 7.69. The normalized spacial score (nSPS) is 24.1. The highest BCUT2D eigenvalue weighted by Gasteiger charge is 2.63. The van der Waals surface area contributed by atoms with Gasteiger partial charge in [-0.25, -0.2) is 18.3 Å². The first kappa shape index (κ1) is 23.4. The van der Waals surface area contributed by atoms with Gasteiger partial charge in [0, 0.05) is 19.3 Å². The van der Waals surface area contributed by atoms with Crippen LogP contribution in [0.3, 0.4) is 0 Å². The van der Waals surface area contributed by atoms with Gasteiger partial charge < -0.3 is 11.1 Å². The summed E-state index contributed by atoms with van der Waals surface area (Å²) in [5.41, 5.74) is 6.21. The zero-order valence-electron chi connectivity index (χ0n) is 18.6. The molecule has 2 atom stereocenters. The molecule has 0 aliphatic heterocycles. The minimum Gasteiger partial charge on any atom is -0.349 e. The number of hydrogen-bond acceptors (Lipinski definition) is 4. The van der Waals surface area contributed by atoms with Crippen molar-refractivity contribution in [3.05, 3.63) is 29.7 Å². The Morgan fingerprint density at radius 1 is 1.15 bits per heavy atom. The lowest BCUT2D eigenvalue weighted by atomic mass is 9.81. The number of amides is 1. The van der Waals surface area contributed by atoms with Crippen molar-refractivity contribution in [2.45, 2.75) is 82.0 Å². The number of fused-ring (bicyclic) bond motifs is 1. The minimum absolute atomic E-state index is 0.0126. The molecule has 11 heteroatoms. The number of nitrogens with two attached hydrogens (primary N) is 1. The Hall–Kier alpha value is -2.30. The van der Waals surface area contributed by atoms with Gasteiger partial charge in [-0.15, -0.1) is 0 Å². The molecule has 3 fully saturated rings. The highest BCUT2D eigenvalue weighted by molar-refractivity contribution is 5.78. The van der Waals surface area contributed by atoms with Crippen LogP contribution in [0, 0.1) is 17.3 Å². The number of alkyl halides is 5. The van der Waals surface area contributed by atoms with Crippen molar-refractivity contribution in [1.29, 1.82) is 0 Å². The summed E-state index contributed by atoms with van der Waals surface area (Å²) in [7, 11) is 0. The molecule has 0 saturated heterocycles. The van der Waals surface area contributed by atoms with Crippen molar-refractivity contribution in [3.8, 4) is 0 Å². The highest BCUT2D eigenvalue weighted by atomic mass is 19.4. The van der Waals surface area contributed by atoms with Gasteiger partial charge in [0.15, 0.2) is 5.65 Å². The first-order chi connectivity index (χ1) is 16.0. The van der Waals surface area contributed by atoms with Crippen LogP contribution in [0.5, 0.6) is 0 Å². The van der Waals surface area contributed by atoms with E-state index in [0.29, 0.717) is 29.7 Å². The van der Waals surface area contributed by atoms with Crippen LogP contribution in [0.1, 0.15) is 81.1 Å². The molecule has 34 heavy (non-hydrogen) atoms. The second-order valence-electron chi connectivity index (χ2n) is 10.3. The van der Waals surface area contributed by atoms with Crippen LogP contribution in [0.2, 0.25) is 0 Å². The van der Waals surface area contributed by atoms with Crippen molar-refractivity contribution < 1.29 is 26.7 Å². The van der Waals surface area contributed by atoms with Crippen molar-refractivity contribution in [2.75, 3.05) is 0 Å². The van der Waals surface area contributed by atoms with Crippen LogP contribution in [0.25, 0.3) is 5.65 Å². The molecular formula is C23H28F5N5O. The molecule has 1 amide bonds. The lowest BCUT2D eigenvalue weighted by molar-refractivity contribution is -0.190. The Kier molecular flexibility index (Phi) is 5.61. The third kappa shape index (κ3) is 4.63. The maximum Gasteiger partial charge on any atom is 0.395 e. The molecule has 3 aliphatic rings. The number of nitrogens with zero attached hydrogens (tertiary/aromatic N) is 3. The fourth-order valence-electron chi connectivity index (χ4n) is 5.05. The van der Waals surface area contributed by atoms with Crippen molar-refractivity contribution >= 4 is 11.6 Å². The van der Waals surface area contributed by atoms with Gasteiger partial charge in [-0.2, -0.15) is 18.3 Å². The van der Waals surface area contributed by atoms with Crippen molar-refractivity contribution in [1.82, 2.24) is 19.9 Å². The Morgan fingerprint density at radius 3 is 2.41 bits per heavy atom. The molecule has 5 rings (SSSR count). The third-order valence-corrected chi connectivity index (χ3v) is 7.69. The van der Waals surface area contributed by atoms with Crippen LogP contribution in [-0.4, -0.2) is 32.6 Å². The second kappa shape index (κ2) is 8.13. The molecule has 2 heterocycles. The van der Waals surface area contributed by atoms with E-state index in [1.165, 1.54) is 0 Å². The van der Waals surface area contributed by atoms with Gasteiger partial charge in [0.25, 0.3) is 0 Å². The molecule has 0 spiro atoms. The molecule has 6 nitrogen and oxygen atoms in total. The Balaban J connectivity index is 1.30. The monoisotopic (exact) mass is 485 g/mol. The maximum absolute atomic E-state index is 13.5. The Bertz CT molecular complexity index is 1070. The number of hydrogen-bond donors (Lipinski definition) is 2. The summed E-state index contributed by atoms with van der Waals surface area (Å²) in [6.45, 7) is 0. The van der Waals surface area contributed by atoms with Crippen LogP contribution >= 0.6 is 0 Å². The number of carbonyl (C=O) groups excluding carboxylic acids is 1. The molecule has 3 saturated carbocycles. The molecular weight excluding hydrogens is 457 g/mol. The average Bonchev–Trinajstić information content (AvgIpc) is 3.68. The lowest BCUT2D eigenvalue weighted by Crippen LogP contribution is -2.35. The summed E-state index contributed by atoms with van der Waals surface area (Å²) < 4.78 is 68.3. The van der Waals surface area contributed by atoms with Crippen molar-refractivity contribution in [2.24, 2.45) is 23.0 Å². The van der Waals surface area contributed by atoms with Gasteiger partial charge in [-0.05, 0) is 62.0 Å². The van der Waals surface area contributed by atoms with E-state index >= 15 is 0 Å². The second-order valence-corrected chi connectivity index (χ2v) is 10.3. The topological polar surface area (TPSA) is 85.3 Å². The standard InChI is InChI=1S/C23H28F5N5O/c24-22(25)5-3-13(4-6-22)19(29)16-12-33-17(31-16)9-15(11-30-33)20(14-1-2-14)32-18(34)10-21(7-8-21)23(26,27)28/h9,11-14,19-20H,1-8,10,29H2,(H,32,34)/t19-,20+/m0/s1. The van der Waals surface area contributed by atoms with Gasteiger partial charge in [-0.3, -0.25) is 4.79 Å². The van der Waals surface area contributed by atoms with Gasteiger partial charge in [0.1, 0.15) is 0 Å². The molecule has 2 aromatic rings. The molecule has 0 aromatic carbocycles. The number of rotatable bonds is 7. The molecule has 3 aliphatic carbocycles. The smallest absolute Gasteiger partial charge is 0.349 e. The average molecular weight is 486 g/mol. The van der Waals surface area contributed by atoms with Gasteiger partial charge in [0.2, 0.25) is 11.8 Å². The molecule has 0 bridgehead atoms. The number of imidazole rings is 1. The van der Waals surface area contributed by atoms with E-state index in [0.717, 1.165) is 12.8 Å². The first-order valence-electron chi connectivity index (χ1n) is 11.8. The summed E-state index contributed by atoms with van der Waals surface area (Å²) in [5, 5.41) is 7.17. The van der Waals surface area contributed by atoms with Crippen LogP contribution in [-0.2, 0) is 4.79 Å². The Labute approximate surface area is 193 Å². The van der Waals surface area contributed by atoms with E-state index in [9.17, 15) is 26.7 Å². The molecule has 186 valence electrons. The maximum atomic E-state index is 13.5. The largest absolute Gasteiger partial charge is 0.395 e. The number of halogens is 5. The summed E-state index contributed by atoms with van der Waals surface area (Å²) in [4.78, 5) is 17.1. The summed E-state index contributed by atoms with van der Waals surface area (Å²) >= 11 is 0. The minimum atomic E-state index is -4.38. The summed E-state index contributed by atoms with van der Waals surface area (Å²) in [6.07, 6.45) is 0.353. The van der Waals surface area contributed by atoms with E-state index in [2.05, 4.69) is 15.4 Å². The van der Waals surface area contributed by atoms with E-state index < -0.39 is 41.9 Å². The number of aromatic nitrogens is 3. The van der Waals surface area contributed by atoms with E-state index in [1.54, 1.807) is 23.0 Å². The first-order valence-corrected chi connectivity index (χ1v) is 11.8. The summed E-state index contributed by atoms with van der Waals surface area (Å²) in [5.74, 6) is -3.18. The van der Waals surface area contributed by atoms with E-state index in [4.69, 9.17) is 5.73 Å². The molecule has 0 radical (unpaired) electrons. The van der Waals surface area contributed by atoms with Crippen LogP contribution in [0.4, 0.5) is 22.0 Å². The van der Waals surface area contributed by atoms with Gasteiger partial charge in [-0.1, -0.05) is 0 Å². The van der Waals surface area contributed by atoms with Crippen LogP contribution < -0.4 is 11.1 Å². The zero-order chi connectivity index (χ0) is 24.3. The highest BCUT2D eigenvalue weighted by Crippen LogP contribution is 2.60. The molecule has 0 unspecified atom stereocenters. The fourth-order valence-corrected chi connectivity index (χ4v) is 5.05. The SMILES string of the molecule is N[C@H](c1cn2ncc([C@H](NC(=O)CC3(C(F)(F)F)CC3)C3CC3)cc2n1)C1CCC(F)(F)CC1. The zero-order valence-corrected chi connectivity index (χ0v) is 18.6. The van der Waals surface area contributed by atoms with Gasteiger partial charge >= 0.3 is 6.18 Å². The Morgan fingerprint density at radius 2 is 1.82 bits per heavy atom. The predicted octanol–water partition coefficient (Wildman–Crippen LogP) is 4.85. The van der Waals surface area contributed by atoms with E-state index in [1.807, 2.05) is 0 Å². The fraction of sp³-hybridized carbons (Fsp3) is 0.696. The molecule has 2 aromatic heterocycles. The van der Waals surface area contributed by atoms with E-state index in [-0.39, 0.29) is 37.5 Å². The van der Waals surface area contributed by atoms with Crippen LogP contribution in [0.15, 0.2) is 18.5 Å². The number of nitrogens with one attached hydrogen (secondary N) is 1. The van der Waals surface area contributed by atoms with Gasteiger partial charge in [0.05, 0.1) is 35.6 Å². The lowest BCUT2D eigenvalue weighted by Gasteiger charge is -2.31. The molecule has 3 N–H and O–H groups in total. The van der Waals surface area contributed by atoms with Crippen molar-refractivity contribution in [3.63, 3.8) is 0 Å².